The van der Waals surface area contributed by atoms with Crippen molar-refractivity contribution in [2.45, 2.75) is 57.3 Å². The molecular weight excluding hydrogens is 267 g/mol. The molecule has 0 saturated carbocycles. The van der Waals surface area contributed by atoms with Crippen LogP contribution in [0.3, 0.4) is 0 Å². The molecular formula is C17H25FN2O. The zero-order valence-corrected chi connectivity index (χ0v) is 12.9. The highest BCUT2D eigenvalue weighted by atomic mass is 19.1. The number of hydrogen-bond acceptors (Lipinski definition) is 3. The Balaban J connectivity index is 1.69. The molecule has 0 radical (unpaired) electrons. The second-order valence-electron chi connectivity index (χ2n) is 6.28. The third-order valence-electron chi connectivity index (χ3n) is 5.00. The average molecular weight is 292 g/mol. The highest BCUT2D eigenvalue weighted by Gasteiger charge is 2.35. The third kappa shape index (κ3) is 3.22. The topological polar surface area (TPSA) is 24.5 Å². The van der Waals surface area contributed by atoms with Gasteiger partial charge in [-0.2, -0.15) is 0 Å². The van der Waals surface area contributed by atoms with Gasteiger partial charge in [-0.1, -0.05) is 13.0 Å². The smallest absolute Gasteiger partial charge is 0.131 e. The molecule has 3 rings (SSSR count). The minimum absolute atomic E-state index is 0.162. The van der Waals surface area contributed by atoms with E-state index in [0.29, 0.717) is 30.4 Å². The number of hydrogen-bond donors (Lipinski definition) is 1. The van der Waals surface area contributed by atoms with Crippen LogP contribution in [-0.2, 0) is 6.54 Å². The van der Waals surface area contributed by atoms with E-state index in [1.54, 1.807) is 7.11 Å². The number of benzene rings is 1. The molecule has 2 unspecified atom stereocenters. The van der Waals surface area contributed by atoms with Gasteiger partial charge in [0.1, 0.15) is 11.6 Å². The number of nitrogens with one attached hydrogen (secondary N) is 1. The molecule has 3 nitrogen and oxygen atoms in total. The molecule has 0 aliphatic carbocycles. The number of nitrogens with zero attached hydrogens (tertiary/aromatic N) is 1. The quantitative estimate of drug-likeness (QED) is 0.903. The molecule has 116 valence electrons. The Morgan fingerprint density at radius 2 is 2.00 bits per heavy atom. The third-order valence-corrected chi connectivity index (χ3v) is 5.00. The fourth-order valence-corrected chi connectivity index (χ4v) is 3.83. The van der Waals surface area contributed by atoms with E-state index in [4.69, 9.17) is 4.74 Å². The van der Waals surface area contributed by atoms with E-state index < -0.39 is 0 Å². The van der Waals surface area contributed by atoms with Gasteiger partial charge in [-0.15, -0.1) is 0 Å². The lowest BCUT2D eigenvalue weighted by molar-refractivity contribution is 0.139. The van der Waals surface area contributed by atoms with Gasteiger partial charge in [-0.05, 0) is 38.3 Å². The largest absolute Gasteiger partial charge is 0.497 e. The standard InChI is InChI=1S/C17H25FN2O/c1-3-20(15-8-13-5-6-14(9-15)19-13)11-12-4-7-16(21-2)10-17(12)18/h4,7,10,13-15,19H,3,5-6,8-9,11H2,1-2H3. The molecule has 0 aromatic heterocycles. The molecule has 2 heterocycles. The molecule has 0 spiro atoms. The second-order valence-corrected chi connectivity index (χ2v) is 6.28. The van der Waals surface area contributed by atoms with E-state index in [9.17, 15) is 4.39 Å². The van der Waals surface area contributed by atoms with E-state index in [-0.39, 0.29) is 5.82 Å². The maximum absolute atomic E-state index is 14.1. The summed E-state index contributed by atoms with van der Waals surface area (Å²) in [7, 11) is 1.57. The van der Waals surface area contributed by atoms with Crippen molar-refractivity contribution < 1.29 is 9.13 Å². The first-order valence-corrected chi connectivity index (χ1v) is 8.02. The van der Waals surface area contributed by atoms with Gasteiger partial charge in [0.25, 0.3) is 0 Å². The van der Waals surface area contributed by atoms with E-state index >= 15 is 0 Å². The normalized spacial score (nSPS) is 28.1. The van der Waals surface area contributed by atoms with Crippen LogP contribution in [0.5, 0.6) is 5.75 Å². The maximum atomic E-state index is 14.1. The zero-order chi connectivity index (χ0) is 14.8. The number of fused-ring (bicyclic) bond motifs is 2. The summed E-state index contributed by atoms with van der Waals surface area (Å²) >= 11 is 0. The van der Waals surface area contributed by atoms with Crippen LogP contribution < -0.4 is 10.1 Å². The van der Waals surface area contributed by atoms with Crippen LogP contribution in [-0.4, -0.2) is 36.7 Å². The average Bonchev–Trinajstić information content (AvgIpc) is 2.84. The Labute approximate surface area is 126 Å². The van der Waals surface area contributed by atoms with Crippen molar-refractivity contribution in [3.8, 4) is 5.75 Å². The van der Waals surface area contributed by atoms with Crippen LogP contribution in [0.25, 0.3) is 0 Å². The van der Waals surface area contributed by atoms with Gasteiger partial charge in [0, 0.05) is 36.3 Å². The minimum atomic E-state index is -0.162. The van der Waals surface area contributed by atoms with Crippen molar-refractivity contribution in [3.05, 3.63) is 29.6 Å². The van der Waals surface area contributed by atoms with Crippen molar-refractivity contribution in [2.75, 3.05) is 13.7 Å². The lowest BCUT2D eigenvalue weighted by Crippen LogP contribution is -2.48. The lowest BCUT2D eigenvalue weighted by Gasteiger charge is -2.37. The Hall–Kier alpha value is -1.13. The molecule has 1 aromatic rings. The number of rotatable bonds is 5. The maximum Gasteiger partial charge on any atom is 0.131 e. The number of methoxy groups -OCH3 is 1. The summed E-state index contributed by atoms with van der Waals surface area (Å²) in [5, 5.41) is 3.67. The first-order chi connectivity index (χ1) is 10.2. The van der Waals surface area contributed by atoms with Crippen LogP contribution in [0.15, 0.2) is 18.2 Å². The summed E-state index contributed by atoms with van der Waals surface area (Å²) in [5.74, 6) is 0.420. The molecule has 1 aromatic carbocycles. The van der Waals surface area contributed by atoms with Crippen LogP contribution in [0.4, 0.5) is 4.39 Å². The lowest BCUT2D eigenvalue weighted by atomic mass is 9.97. The summed E-state index contributed by atoms with van der Waals surface area (Å²) in [6.07, 6.45) is 5.00. The molecule has 2 atom stereocenters. The van der Waals surface area contributed by atoms with Crippen molar-refractivity contribution >= 4 is 0 Å². The van der Waals surface area contributed by atoms with Crippen molar-refractivity contribution in [1.29, 1.82) is 0 Å². The molecule has 2 aliphatic rings. The van der Waals surface area contributed by atoms with Gasteiger partial charge in [-0.3, -0.25) is 4.90 Å². The molecule has 4 heteroatoms. The van der Waals surface area contributed by atoms with E-state index in [1.807, 2.05) is 12.1 Å². The second kappa shape index (κ2) is 6.32. The Morgan fingerprint density at radius 3 is 2.57 bits per heavy atom. The van der Waals surface area contributed by atoms with E-state index in [1.165, 1.54) is 31.7 Å². The monoisotopic (exact) mass is 292 g/mol. The Kier molecular flexibility index (Phi) is 4.45. The fraction of sp³-hybridized carbons (Fsp3) is 0.647. The Bertz CT molecular complexity index is 482. The molecule has 1 N–H and O–H groups in total. The zero-order valence-electron chi connectivity index (χ0n) is 12.9. The van der Waals surface area contributed by atoms with Gasteiger partial charge in [-0.25, -0.2) is 4.39 Å². The van der Waals surface area contributed by atoms with E-state index in [2.05, 4.69) is 17.1 Å². The van der Waals surface area contributed by atoms with Crippen molar-refractivity contribution in [1.82, 2.24) is 10.2 Å². The SMILES string of the molecule is CCN(Cc1ccc(OC)cc1F)C1CC2CCC(C1)N2. The number of halogens is 1. The molecule has 2 fully saturated rings. The predicted molar refractivity (Wildman–Crippen MR) is 82.0 cm³/mol. The highest BCUT2D eigenvalue weighted by molar-refractivity contribution is 5.28. The minimum Gasteiger partial charge on any atom is -0.497 e. The van der Waals surface area contributed by atoms with Gasteiger partial charge in [0.05, 0.1) is 7.11 Å². The van der Waals surface area contributed by atoms with Gasteiger partial charge < -0.3 is 10.1 Å². The van der Waals surface area contributed by atoms with Crippen LogP contribution >= 0.6 is 0 Å². The fourth-order valence-electron chi connectivity index (χ4n) is 3.83. The first kappa shape index (κ1) is 14.8. The van der Waals surface area contributed by atoms with Crippen LogP contribution in [0, 0.1) is 5.82 Å². The van der Waals surface area contributed by atoms with Gasteiger partial charge in [0.15, 0.2) is 0 Å². The summed E-state index contributed by atoms with van der Waals surface area (Å²) in [4.78, 5) is 2.43. The number of piperidine rings is 1. The molecule has 21 heavy (non-hydrogen) atoms. The van der Waals surface area contributed by atoms with Crippen molar-refractivity contribution in [3.63, 3.8) is 0 Å². The first-order valence-electron chi connectivity index (χ1n) is 8.02. The summed E-state index contributed by atoms with van der Waals surface area (Å²) in [6.45, 7) is 3.83. The molecule has 2 saturated heterocycles. The van der Waals surface area contributed by atoms with E-state index in [0.717, 1.165) is 12.1 Å². The molecule has 2 aliphatic heterocycles. The Morgan fingerprint density at radius 1 is 1.29 bits per heavy atom. The predicted octanol–water partition coefficient (Wildman–Crippen LogP) is 2.94. The summed E-state index contributed by atoms with van der Waals surface area (Å²) in [6, 6.07) is 7.10. The van der Waals surface area contributed by atoms with Gasteiger partial charge in [0.2, 0.25) is 0 Å². The van der Waals surface area contributed by atoms with Gasteiger partial charge >= 0.3 is 0 Å². The summed E-state index contributed by atoms with van der Waals surface area (Å²) in [5.41, 5.74) is 0.767. The van der Waals surface area contributed by atoms with Crippen LogP contribution in [0.1, 0.15) is 38.2 Å². The molecule has 0 amide bonds. The van der Waals surface area contributed by atoms with Crippen LogP contribution in [0.2, 0.25) is 0 Å². The van der Waals surface area contributed by atoms with Crippen molar-refractivity contribution in [2.24, 2.45) is 0 Å². The summed E-state index contributed by atoms with van der Waals surface area (Å²) < 4.78 is 19.2. The highest BCUT2D eigenvalue weighted by Crippen LogP contribution is 2.30. The number of ether oxygens (including phenoxy) is 1. The molecule has 2 bridgehead atoms.